The summed E-state index contributed by atoms with van der Waals surface area (Å²) in [5.41, 5.74) is 2.39. The van der Waals surface area contributed by atoms with Gasteiger partial charge in [-0.05, 0) is 37.3 Å². The van der Waals surface area contributed by atoms with E-state index in [2.05, 4.69) is 29.8 Å². The van der Waals surface area contributed by atoms with Crippen molar-refractivity contribution in [2.24, 2.45) is 0 Å². The van der Waals surface area contributed by atoms with E-state index in [-0.39, 0.29) is 10.8 Å². The van der Waals surface area contributed by atoms with Gasteiger partial charge in [0.05, 0.1) is 18.6 Å². The Morgan fingerprint density at radius 3 is 2.53 bits per heavy atom. The maximum atomic E-state index is 6.56. The van der Waals surface area contributed by atoms with Crippen LogP contribution in [-0.2, 0) is 5.41 Å². The third-order valence-corrected chi connectivity index (χ3v) is 4.50. The molecular formula is C15H20BrClO2. The summed E-state index contributed by atoms with van der Waals surface area (Å²) in [5, 5.41) is -0.0248. The number of alkyl halides is 1. The summed E-state index contributed by atoms with van der Waals surface area (Å²) in [6.45, 7) is 9.61. The van der Waals surface area contributed by atoms with E-state index in [9.17, 15) is 0 Å². The van der Waals surface area contributed by atoms with E-state index >= 15 is 0 Å². The largest absolute Gasteiger partial charge is 0.490 e. The first-order chi connectivity index (χ1) is 8.92. The molecule has 0 N–H and O–H groups in total. The fourth-order valence-corrected chi connectivity index (χ4v) is 4.37. The number of hydrogen-bond acceptors (Lipinski definition) is 2. The lowest BCUT2D eigenvalue weighted by atomic mass is 9.86. The Kier molecular flexibility index (Phi) is 4.36. The third kappa shape index (κ3) is 2.59. The molecule has 2 rings (SSSR count). The zero-order valence-electron chi connectivity index (χ0n) is 11.8. The molecule has 0 heterocycles. The van der Waals surface area contributed by atoms with Gasteiger partial charge >= 0.3 is 0 Å². The molecule has 1 aromatic carbocycles. The second kappa shape index (κ2) is 5.53. The quantitative estimate of drug-likeness (QED) is 0.696. The van der Waals surface area contributed by atoms with E-state index in [0.717, 1.165) is 28.0 Å². The van der Waals surface area contributed by atoms with Crippen molar-refractivity contribution in [2.75, 3.05) is 13.2 Å². The van der Waals surface area contributed by atoms with Crippen LogP contribution in [0.25, 0.3) is 0 Å². The van der Waals surface area contributed by atoms with E-state index in [1.807, 2.05) is 19.9 Å². The predicted octanol–water partition coefficient (Wildman–Crippen LogP) is 5.21. The first-order valence-corrected chi connectivity index (χ1v) is 7.91. The van der Waals surface area contributed by atoms with Gasteiger partial charge < -0.3 is 9.47 Å². The first kappa shape index (κ1) is 15.0. The standard InChI is InChI=1S/C15H20BrClO2/c1-5-18-11-7-9(16)13-12(14(11)19-6-2)10(17)8-15(13,3)4/h7,10H,5-6,8H2,1-4H3. The van der Waals surface area contributed by atoms with Gasteiger partial charge in [-0.1, -0.05) is 29.8 Å². The number of halogens is 2. The molecule has 0 fully saturated rings. The fourth-order valence-electron chi connectivity index (χ4n) is 2.82. The van der Waals surface area contributed by atoms with Gasteiger partial charge in [0.25, 0.3) is 0 Å². The summed E-state index contributed by atoms with van der Waals surface area (Å²) in [7, 11) is 0. The summed E-state index contributed by atoms with van der Waals surface area (Å²) in [6.07, 6.45) is 0.915. The summed E-state index contributed by atoms with van der Waals surface area (Å²) in [4.78, 5) is 0. The zero-order chi connectivity index (χ0) is 14.2. The van der Waals surface area contributed by atoms with Crippen molar-refractivity contribution >= 4 is 27.5 Å². The van der Waals surface area contributed by atoms with Crippen LogP contribution in [0.4, 0.5) is 0 Å². The maximum absolute atomic E-state index is 6.56. The Labute approximate surface area is 128 Å². The molecule has 0 aromatic heterocycles. The minimum absolute atomic E-state index is 0.0248. The van der Waals surface area contributed by atoms with Crippen molar-refractivity contribution in [3.63, 3.8) is 0 Å². The van der Waals surface area contributed by atoms with Crippen LogP contribution in [0.5, 0.6) is 11.5 Å². The Balaban J connectivity index is 2.66. The molecule has 0 saturated carbocycles. The van der Waals surface area contributed by atoms with E-state index in [1.165, 1.54) is 5.56 Å². The average Bonchev–Trinajstić information content (AvgIpc) is 2.55. The zero-order valence-corrected chi connectivity index (χ0v) is 14.2. The topological polar surface area (TPSA) is 18.5 Å². The van der Waals surface area contributed by atoms with Crippen molar-refractivity contribution in [1.82, 2.24) is 0 Å². The highest BCUT2D eigenvalue weighted by molar-refractivity contribution is 9.10. The van der Waals surface area contributed by atoms with E-state index in [0.29, 0.717) is 13.2 Å². The summed E-state index contributed by atoms with van der Waals surface area (Å²) in [5.74, 6) is 1.59. The van der Waals surface area contributed by atoms with Gasteiger partial charge in [-0.3, -0.25) is 0 Å². The van der Waals surface area contributed by atoms with E-state index in [4.69, 9.17) is 21.1 Å². The Morgan fingerprint density at radius 1 is 1.32 bits per heavy atom. The van der Waals surface area contributed by atoms with Crippen LogP contribution >= 0.6 is 27.5 Å². The Bertz CT molecular complexity index is 486. The van der Waals surface area contributed by atoms with Crippen molar-refractivity contribution < 1.29 is 9.47 Å². The number of fused-ring (bicyclic) bond motifs is 1. The first-order valence-electron chi connectivity index (χ1n) is 6.68. The molecule has 0 saturated heterocycles. The molecule has 1 unspecified atom stereocenters. The molecule has 0 bridgehead atoms. The number of benzene rings is 1. The molecule has 0 aliphatic heterocycles. The van der Waals surface area contributed by atoms with Crippen LogP contribution in [0.3, 0.4) is 0 Å². The van der Waals surface area contributed by atoms with Gasteiger partial charge in [0.2, 0.25) is 0 Å². The molecule has 1 aliphatic rings. The molecule has 0 spiro atoms. The van der Waals surface area contributed by atoms with E-state index in [1.54, 1.807) is 0 Å². The van der Waals surface area contributed by atoms with Crippen LogP contribution in [0.2, 0.25) is 0 Å². The molecule has 106 valence electrons. The van der Waals surface area contributed by atoms with Gasteiger partial charge in [0, 0.05) is 10.0 Å². The van der Waals surface area contributed by atoms with E-state index < -0.39 is 0 Å². The van der Waals surface area contributed by atoms with Gasteiger partial charge in [-0.25, -0.2) is 0 Å². The van der Waals surface area contributed by atoms with Gasteiger partial charge in [-0.2, -0.15) is 0 Å². The molecule has 1 aromatic rings. The Hall–Kier alpha value is -0.410. The highest BCUT2D eigenvalue weighted by Gasteiger charge is 2.41. The molecule has 2 nitrogen and oxygen atoms in total. The lowest BCUT2D eigenvalue weighted by Crippen LogP contribution is -2.13. The summed E-state index contributed by atoms with van der Waals surface area (Å²) in [6, 6.07) is 2.00. The van der Waals surface area contributed by atoms with Crippen LogP contribution in [0.15, 0.2) is 10.5 Å². The van der Waals surface area contributed by atoms with Crippen LogP contribution in [0, 0.1) is 0 Å². The van der Waals surface area contributed by atoms with Gasteiger partial charge in [0.1, 0.15) is 0 Å². The van der Waals surface area contributed by atoms with Gasteiger partial charge in [-0.15, -0.1) is 11.6 Å². The SMILES string of the molecule is CCOc1cc(Br)c2c(c1OCC)C(Cl)CC2(C)C. The van der Waals surface area contributed by atoms with Crippen molar-refractivity contribution in [3.05, 3.63) is 21.7 Å². The maximum Gasteiger partial charge on any atom is 0.166 e. The second-order valence-corrected chi connectivity index (χ2v) is 6.78. The second-order valence-electron chi connectivity index (χ2n) is 5.40. The highest BCUT2D eigenvalue weighted by Crippen LogP contribution is 2.56. The lowest BCUT2D eigenvalue weighted by molar-refractivity contribution is 0.285. The summed E-state index contributed by atoms with van der Waals surface area (Å²) >= 11 is 10.2. The summed E-state index contributed by atoms with van der Waals surface area (Å²) < 4.78 is 12.6. The van der Waals surface area contributed by atoms with Crippen LogP contribution in [-0.4, -0.2) is 13.2 Å². The molecule has 4 heteroatoms. The molecular weight excluding hydrogens is 328 g/mol. The third-order valence-electron chi connectivity index (χ3n) is 3.50. The molecule has 0 radical (unpaired) electrons. The van der Waals surface area contributed by atoms with Crippen LogP contribution in [0.1, 0.15) is 50.6 Å². The predicted molar refractivity (Wildman–Crippen MR) is 82.7 cm³/mol. The smallest absolute Gasteiger partial charge is 0.166 e. The Morgan fingerprint density at radius 2 is 1.95 bits per heavy atom. The van der Waals surface area contributed by atoms with Crippen molar-refractivity contribution in [2.45, 2.75) is 44.9 Å². The van der Waals surface area contributed by atoms with Crippen molar-refractivity contribution in [3.8, 4) is 11.5 Å². The monoisotopic (exact) mass is 346 g/mol. The number of rotatable bonds is 4. The molecule has 1 aliphatic carbocycles. The highest BCUT2D eigenvalue weighted by atomic mass is 79.9. The van der Waals surface area contributed by atoms with Crippen LogP contribution < -0.4 is 9.47 Å². The average molecular weight is 348 g/mol. The molecule has 19 heavy (non-hydrogen) atoms. The van der Waals surface area contributed by atoms with Crippen molar-refractivity contribution in [1.29, 1.82) is 0 Å². The lowest BCUT2D eigenvalue weighted by Gasteiger charge is -2.22. The number of hydrogen-bond donors (Lipinski definition) is 0. The molecule has 0 amide bonds. The minimum Gasteiger partial charge on any atom is -0.490 e. The molecule has 1 atom stereocenters. The normalized spacial score (nSPS) is 20.2. The fraction of sp³-hybridized carbons (Fsp3) is 0.600. The number of ether oxygens (including phenoxy) is 2. The minimum atomic E-state index is -0.0248. The van der Waals surface area contributed by atoms with Gasteiger partial charge in [0.15, 0.2) is 11.5 Å².